The Morgan fingerprint density at radius 3 is 1.93 bits per heavy atom. The zero-order chi connectivity index (χ0) is 41.9. The summed E-state index contributed by atoms with van der Waals surface area (Å²) in [4.78, 5) is 73.9. The predicted octanol–water partition coefficient (Wildman–Crippen LogP) is 3.57. The number of phenols is 1. The van der Waals surface area contributed by atoms with E-state index in [1.165, 1.54) is 83.9 Å². The quantitative estimate of drug-likeness (QED) is 0.0303. The number of rotatable bonds is 31. The minimum absolute atomic E-state index is 0.000520. The Morgan fingerprint density at radius 2 is 1.38 bits per heavy atom. The maximum Gasteiger partial charge on any atom is 0.529 e. The van der Waals surface area contributed by atoms with Crippen LogP contribution in [-0.2, 0) is 44.0 Å². The van der Waals surface area contributed by atoms with E-state index in [1.54, 1.807) is 12.1 Å². The smallest absolute Gasteiger partial charge is 0.508 e. The molecule has 56 heavy (non-hydrogen) atoms. The normalized spacial score (nSPS) is 15.2. The van der Waals surface area contributed by atoms with Crippen molar-refractivity contribution in [2.45, 2.75) is 147 Å². The number of nitrogens with two attached hydrogens (primary N) is 2. The van der Waals surface area contributed by atoms with Crippen LogP contribution < -0.4 is 32.7 Å². The molecule has 0 aliphatic carbocycles. The van der Waals surface area contributed by atoms with Gasteiger partial charge in [-0.25, -0.2) is 4.57 Å². The van der Waals surface area contributed by atoms with E-state index in [2.05, 4.69) is 32.7 Å². The van der Waals surface area contributed by atoms with Crippen LogP contribution in [-0.4, -0.2) is 89.9 Å². The molecule has 0 aliphatic rings. The van der Waals surface area contributed by atoms with Crippen LogP contribution in [0.4, 0.5) is 0 Å². The van der Waals surface area contributed by atoms with E-state index in [1.807, 2.05) is 12.2 Å². The van der Waals surface area contributed by atoms with E-state index >= 15 is 0 Å². The first kappa shape index (κ1) is 50.4. The number of hydrogen-bond acceptors (Lipinski definition) is 12. The van der Waals surface area contributed by atoms with Crippen molar-refractivity contribution < 1.29 is 47.6 Å². The summed E-state index contributed by atoms with van der Waals surface area (Å²) in [6.07, 6.45) is 18.3. The van der Waals surface area contributed by atoms with E-state index in [-0.39, 0.29) is 25.3 Å². The maximum absolute atomic E-state index is 13.3. The van der Waals surface area contributed by atoms with Gasteiger partial charge in [0.1, 0.15) is 17.8 Å². The SMILES string of the molecule is CCCCCCCCCCCCC/C=C/C[C@H](N)COP(=O)(O)OC(=O)CC(NC(=O)C(C)NC(=O)C(Cc1ccc(O)cc1)NC(=O)C(CN)NC)C(C)=O. The van der Waals surface area contributed by atoms with Crippen LogP contribution in [0.5, 0.6) is 5.75 Å². The van der Waals surface area contributed by atoms with E-state index in [4.69, 9.17) is 16.0 Å². The molecule has 318 valence electrons. The molecule has 0 saturated carbocycles. The summed E-state index contributed by atoms with van der Waals surface area (Å²) >= 11 is 0. The van der Waals surface area contributed by atoms with Crippen molar-refractivity contribution in [1.82, 2.24) is 21.3 Å². The average Bonchev–Trinajstić information content (AvgIpc) is 3.14. The second-order valence-electron chi connectivity index (χ2n) is 14.1. The first-order valence-corrected chi connectivity index (χ1v) is 21.3. The fourth-order valence-corrected chi connectivity index (χ4v) is 6.37. The van der Waals surface area contributed by atoms with Crippen LogP contribution in [0.1, 0.15) is 116 Å². The topological polar surface area (TPSA) is 262 Å². The molecule has 0 spiro atoms. The molecule has 0 saturated heterocycles. The van der Waals surface area contributed by atoms with Gasteiger partial charge >= 0.3 is 13.8 Å². The predicted molar refractivity (Wildman–Crippen MR) is 215 cm³/mol. The van der Waals surface area contributed by atoms with Crippen molar-refractivity contribution in [3.05, 3.63) is 42.0 Å². The molecule has 0 aromatic heterocycles. The Hall–Kier alpha value is -3.66. The fourth-order valence-electron chi connectivity index (χ4n) is 5.61. The number of likely N-dealkylation sites (N-methyl/N-ethyl adjacent to an activating group) is 1. The molecular weight excluding hydrogens is 743 g/mol. The van der Waals surface area contributed by atoms with Gasteiger partial charge in [-0.3, -0.25) is 33.4 Å². The lowest BCUT2D eigenvalue weighted by Gasteiger charge is -2.24. The Kier molecular flexibility index (Phi) is 25.8. The second-order valence-corrected chi connectivity index (χ2v) is 15.5. The molecule has 5 unspecified atom stereocenters. The van der Waals surface area contributed by atoms with Gasteiger partial charge in [0.25, 0.3) is 0 Å². The standard InChI is InChI=1S/C39H67N6O10P/c1-5-6-7-8-9-10-11-12-13-14-15-16-17-18-19-31(41)27-54-56(52,53)55-36(48)25-33(29(3)46)44-37(49)28(2)43-38(50)34(45-39(51)35(26-40)42-4)24-30-20-22-32(47)23-21-30/h17-18,20-23,28,31,33-35,42,47H,5-16,19,24-27,40-41H2,1-4H3,(H,43,50)(H,44,49)(H,45,51)(H,52,53)/b18-17+/t28?,31-,33?,34?,35?/m0/s1. The first-order chi connectivity index (χ1) is 26.6. The molecule has 3 amide bonds. The number of phenolic OH excluding ortho intramolecular Hbond substituents is 1. The number of Topliss-reactive ketones (excluding diaryl/α,β-unsaturated/α-hetero) is 1. The molecule has 17 heteroatoms. The van der Waals surface area contributed by atoms with Gasteiger partial charge < -0.3 is 42.4 Å². The minimum atomic E-state index is -4.90. The molecule has 16 nitrogen and oxygen atoms in total. The highest BCUT2D eigenvalue weighted by Gasteiger charge is 2.32. The van der Waals surface area contributed by atoms with Crippen LogP contribution >= 0.6 is 7.82 Å². The molecule has 1 aromatic rings. The van der Waals surface area contributed by atoms with Gasteiger partial charge in [-0.05, 0) is 57.9 Å². The Morgan fingerprint density at radius 1 is 0.821 bits per heavy atom. The van der Waals surface area contributed by atoms with Gasteiger partial charge in [0, 0.05) is 19.0 Å². The third kappa shape index (κ3) is 22.8. The van der Waals surface area contributed by atoms with Crippen molar-refractivity contribution in [2.75, 3.05) is 20.2 Å². The monoisotopic (exact) mass is 810 g/mol. The van der Waals surface area contributed by atoms with E-state index in [0.717, 1.165) is 26.2 Å². The third-order valence-corrected chi connectivity index (χ3v) is 10.00. The number of phosphoric ester groups is 1. The summed E-state index contributed by atoms with van der Waals surface area (Å²) < 4.78 is 22.0. The maximum atomic E-state index is 13.3. The van der Waals surface area contributed by atoms with Gasteiger partial charge in [0.05, 0.1) is 25.1 Å². The molecule has 6 atom stereocenters. The molecule has 10 N–H and O–H groups in total. The fraction of sp³-hybridized carbons (Fsp3) is 0.667. The zero-order valence-corrected chi connectivity index (χ0v) is 34.5. The molecule has 0 fully saturated rings. The third-order valence-electron chi connectivity index (χ3n) is 9.09. The van der Waals surface area contributed by atoms with Crippen LogP contribution in [0.2, 0.25) is 0 Å². The second kappa shape index (κ2) is 28.7. The van der Waals surface area contributed by atoms with Gasteiger partial charge in [-0.15, -0.1) is 0 Å². The number of nitrogens with one attached hydrogen (secondary N) is 4. The molecule has 0 aliphatic heterocycles. The highest BCUT2D eigenvalue weighted by atomic mass is 31.2. The largest absolute Gasteiger partial charge is 0.529 e. The average molecular weight is 811 g/mol. The van der Waals surface area contributed by atoms with Crippen molar-refractivity contribution >= 4 is 37.3 Å². The van der Waals surface area contributed by atoms with Crippen molar-refractivity contribution in [2.24, 2.45) is 11.5 Å². The molecular formula is C39H67N6O10P. The van der Waals surface area contributed by atoms with Crippen molar-refractivity contribution in [3.63, 3.8) is 0 Å². The summed E-state index contributed by atoms with van der Waals surface area (Å²) in [7, 11) is -3.37. The van der Waals surface area contributed by atoms with Gasteiger partial charge in [-0.2, -0.15) is 0 Å². The molecule has 0 heterocycles. The molecule has 0 radical (unpaired) electrons. The van der Waals surface area contributed by atoms with E-state index in [9.17, 15) is 38.5 Å². The number of allylic oxidation sites excluding steroid dienone is 1. The number of ketones is 1. The van der Waals surface area contributed by atoms with Gasteiger partial charge in [0.15, 0.2) is 5.78 Å². The van der Waals surface area contributed by atoms with Crippen LogP contribution in [0.3, 0.4) is 0 Å². The van der Waals surface area contributed by atoms with Crippen molar-refractivity contribution in [1.29, 1.82) is 0 Å². The Labute approximate surface area is 332 Å². The summed E-state index contributed by atoms with van der Waals surface area (Å²) in [5.41, 5.74) is 12.2. The molecule has 1 aromatic carbocycles. The highest BCUT2D eigenvalue weighted by molar-refractivity contribution is 7.48. The van der Waals surface area contributed by atoms with Crippen LogP contribution in [0, 0.1) is 0 Å². The van der Waals surface area contributed by atoms with Crippen LogP contribution in [0.25, 0.3) is 0 Å². The number of hydrogen-bond donors (Lipinski definition) is 8. The molecule has 1 rings (SSSR count). The van der Waals surface area contributed by atoms with Gasteiger partial charge in [-0.1, -0.05) is 95.4 Å². The lowest BCUT2D eigenvalue weighted by Crippen LogP contribution is -2.58. The Balaban J connectivity index is 2.55. The number of benzene rings is 1. The summed E-state index contributed by atoms with van der Waals surface area (Å²) in [6.45, 7) is 4.23. The number of carbonyl (C=O) groups is 5. The van der Waals surface area contributed by atoms with E-state index < -0.39 is 73.9 Å². The van der Waals surface area contributed by atoms with Crippen LogP contribution in [0.15, 0.2) is 36.4 Å². The number of carbonyl (C=O) groups excluding carboxylic acids is 5. The highest BCUT2D eigenvalue weighted by Crippen LogP contribution is 2.43. The zero-order valence-electron chi connectivity index (χ0n) is 33.6. The van der Waals surface area contributed by atoms with Gasteiger partial charge in [0.2, 0.25) is 17.7 Å². The summed E-state index contributed by atoms with van der Waals surface area (Å²) in [6, 6.07) is 0.658. The number of aromatic hydroxyl groups is 1. The lowest BCUT2D eigenvalue weighted by molar-refractivity contribution is -0.139. The lowest BCUT2D eigenvalue weighted by atomic mass is 10.0. The minimum Gasteiger partial charge on any atom is -0.508 e. The summed E-state index contributed by atoms with van der Waals surface area (Å²) in [5, 5.41) is 19.8. The van der Waals surface area contributed by atoms with Crippen molar-refractivity contribution in [3.8, 4) is 5.75 Å². The number of phosphoric acid groups is 1. The van der Waals surface area contributed by atoms with E-state index in [0.29, 0.717) is 12.0 Å². The first-order valence-electron chi connectivity index (χ1n) is 19.8. The number of amides is 3. The Bertz CT molecular complexity index is 1410. The number of unbranched alkanes of at least 4 members (excludes halogenated alkanes) is 11. The molecule has 0 bridgehead atoms. The summed E-state index contributed by atoms with van der Waals surface area (Å²) in [5.74, 6) is -4.10.